The van der Waals surface area contributed by atoms with Crippen LogP contribution in [0.4, 0.5) is 0 Å². The van der Waals surface area contributed by atoms with Crippen molar-refractivity contribution < 1.29 is 0 Å². The topological polar surface area (TPSA) is 28.7 Å². The van der Waals surface area contributed by atoms with Gasteiger partial charge in [-0.05, 0) is 62.5 Å². The summed E-state index contributed by atoms with van der Waals surface area (Å²) in [6.07, 6.45) is 2.92. The zero-order chi connectivity index (χ0) is 11.0. The summed E-state index contributed by atoms with van der Waals surface area (Å²) in [5, 5.41) is 1.24. The van der Waals surface area contributed by atoms with E-state index in [2.05, 4.69) is 68.4 Å². The van der Waals surface area contributed by atoms with Crippen LogP contribution in [0.3, 0.4) is 0 Å². The van der Waals surface area contributed by atoms with Crippen LogP contribution in [0, 0.1) is 9.62 Å². The van der Waals surface area contributed by atoms with E-state index >= 15 is 0 Å². The van der Waals surface area contributed by atoms with Gasteiger partial charge in [0.05, 0.1) is 3.70 Å². The number of aromatic nitrogens is 2. The van der Waals surface area contributed by atoms with Crippen molar-refractivity contribution in [3.63, 3.8) is 0 Å². The molecule has 0 saturated heterocycles. The van der Waals surface area contributed by atoms with Gasteiger partial charge < -0.3 is 4.98 Å². The van der Waals surface area contributed by atoms with Crippen LogP contribution in [0.1, 0.15) is 19.4 Å². The van der Waals surface area contributed by atoms with Gasteiger partial charge in [-0.25, -0.2) is 4.98 Å². The van der Waals surface area contributed by atoms with E-state index in [0.29, 0.717) is 5.92 Å². The average molecular weight is 379 g/mol. The smallest absolute Gasteiger partial charge is 0.138 e. The van der Waals surface area contributed by atoms with Gasteiger partial charge in [0.1, 0.15) is 5.65 Å². The lowest BCUT2D eigenvalue weighted by Gasteiger charge is -2.03. The van der Waals surface area contributed by atoms with E-state index in [0.717, 1.165) is 16.5 Å². The highest BCUT2D eigenvalue weighted by molar-refractivity contribution is 14.1. The molecule has 2 heterocycles. The minimum absolute atomic E-state index is 0.663. The first-order chi connectivity index (χ1) is 7.08. The number of H-pyrrole nitrogens is 1. The molecule has 0 amide bonds. The van der Waals surface area contributed by atoms with E-state index in [1.54, 1.807) is 0 Å². The van der Waals surface area contributed by atoms with E-state index in [4.69, 9.17) is 0 Å². The first kappa shape index (κ1) is 11.4. The third kappa shape index (κ3) is 2.36. The summed E-state index contributed by atoms with van der Waals surface area (Å²) in [5.74, 6) is 0.663. The largest absolute Gasteiger partial charge is 0.334 e. The normalized spacial score (nSPS) is 11.5. The number of pyridine rings is 1. The fraction of sp³-hybridized carbons (Fsp3) is 0.364. The molecule has 0 aliphatic carbocycles. The summed E-state index contributed by atoms with van der Waals surface area (Å²) < 4.78 is 2.25. The Balaban J connectivity index is 2.60. The summed E-state index contributed by atoms with van der Waals surface area (Å²) in [7, 11) is 0. The van der Waals surface area contributed by atoms with Gasteiger partial charge in [-0.2, -0.15) is 0 Å². The van der Waals surface area contributed by atoms with Gasteiger partial charge >= 0.3 is 0 Å². The van der Waals surface area contributed by atoms with Crippen LogP contribution in [0.2, 0.25) is 0 Å². The highest BCUT2D eigenvalue weighted by Gasteiger charge is 2.11. The van der Waals surface area contributed by atoms with Crippen molar-refractivity contribution in [3.05, 3.63) is 26.0 Å². The van der Waals surface area contributed by atoms with Crippen molar-refractivity contribution in [1.82, 2.24) is 9.97 Å². The van der Waals surface area contributed by atoms with Crippen LogP contribution >= 0.6 is 38.5 Å². The summed E-state index contributed by atoms with van der Waals surface area (Å²) in [4.78, 5) is 7.68. The SMILES string of the molecule is CC(C)Cc1c(I)[nH]c2ncc(Br)cc12. The Kier molecular flexibility index (Phi) is 3.35. The maximum Gasteiger partial charge on any atom is 0.138 e. The van der Waals surface area contributed by atoms with Crippen molar-refractivity contribution in [2.75, 3.05) is 0 Å². The Morgan fingerprint density at radius 2 is 2.27 bits per heavy atom. The molecule has 2 aromatic rings. The van der Waals surface area contributed by atoms with E-state index in [1.807, 2.05) is 6.20 Å². The molecule has 0 spiro atoms. The molecule has 80 valence electrons. The average Bonchev–Trinajstić information content (AvgIpc) is 2.43. The second kappa shape index (κ2) is 4.41. The van der Waals surface area contributed by atoms with Gasteiger partial charge in [0.2, 0.25) is 0 Å². The first-order valence-corrected chi connectivity index (χ1v) is 6.76. The number of halogens is 2. The number of nitrogens with one attached hydrogen (secondary N) is 1. The minimum Gasteiger partial charge on any atom is -0.334 e. The molecule has 2 rings (SSSR count). The molecule has 0 saturated carbocycles. The number of aromatic amines is 1. The second-order valence-corrected chi connectivity index (χ2v) is 6.06. The van der Waals surface area contributed by atoms with Crippen LogP contribution in [0.15, 0.2) is 16.7 Å². The third-order valence-corrected chi connectivity index (χ3v) is 3.64. The van der Waals surface area contributed by atoms with Crippen molar-refractivity contribution >= 4 is 49.6 Å². The summed E-state index contributed by atoms with van der Waals surface area (Å²) in [6, 6.07) is 2.14. The molecule has 0 aliphatic heterocycles. The Morgan fingerprint density at radius 3 is 2.93 bits per heavy atom. The van der Waals surface area contributed by atoms with Crippen LogP contribution in [0.25, 0.3) is 11.0 Å². The van der Waals surface area contributed by atoms with Crippen molar-refractivity contribution in [2.45, 2.75) is 20.3 Å². The highest BCUT2D eigenvalue weighted by Crippen LogP contribution is 2.27. The Morgan fingerprint density at radius 1 is 1.53 bits per heavy atom. The third-order valence-electron chi connectivity index (χ3n) is 2.28. The molecule has 2 aromatic heterocycles. The van der Waals surface area contributed by atoms with Gasteiger partial charge in [-0.15, -0.1) is 0 Å². The Hall–Kier alpha value is -0.100. The number of fused-ring (bicyclic) bond motifs is 1. The maximum absolute atomic E-state index is 4.36. The monoisotopic (exact) mass is 378 g/mol. The van der Waals surface area contributed by atoms with Crippen LogP contribution in [-0.4, -0.2) is 9.97 Å². The van der Waals surface area contributed by atoms with Crippen molar-refractivity contribution in [1.29, 1.82) is 0 Å². The maximum atomic E-state index is 4.36. The van der Waals surface area contributed by atoms with Gasteiger partial charge in [0.15, 0.2) is 0 Å². The van der Waals surface area contributed by atoms with Gasteiger partial charge in [0, 0.05) is 16.1 Å². The summed E-state index contributed by atoms with van der Waals surface area (Å²) in [5.41, 5.74) is 2.37. The first-order valence-electron chi connectivity index (χ1n) is 4.89. The van der Waals surface area contributed by atoms with E-state index < -0.39 is 0 Å². The fourth-order valence-electron chi connectivity index (χ4n) is 1.67. The quantitative estimate of drug-likeness (QED) is 0.782. The number of hydrogen-bond donors (Lipinski definition) is 1. The molecular weight excluding hydrogens is 367 g/mol. The summed E-state index contributed by atoms with van der Waals surface area (Å²) in [6.45, 7) is 4.47. The lowest BCUT2D eigenvalue weighted by molar-refractivity contribution is 0.648. The highest BCUT2D eigenvalue weighted by atomic mass is 127. The molecular formula is C11H12BrIN2. The van der Waals surface area contributed by atoms with Crippen molar-refractivity contribution in [2.24, 2.45) is 5.92 Å². The predicted octanol–water partition coefficient (Wildman–Crippen LogP) is 4.13. The lowest BCUT2D eigenvalue weighted by Crippen LogP contribution is -1.94. The molecule has 4 heteroatoms. The second-order valence-electron chi connectivity index (χ2n) is 4.07. The van der Waals surface area contributed by atoms with Gasteiger partial charge in [0.25, 0.3) is 0 Å². The van der Waals surface area contributed by atoms with Gasteiger partial charge in [-0.3, -0.25) is 0 Å². The number of rotatable bonds is 2. The molecule has 0 aromatic carbocycles. The molecule has 15 heavy (non-hydrogen) atoms. The summed E-state index contributed by atoms with van der Waals surface area (Å²) >= 11 is 5.81. The molecule has 0 unspecified atom stereocenters. The Bertz CT molecular complexity index is 491. The molecule has 0 aliphatic rings. The number of nitrogens with zero attached hydrogens (tertiary/aromatic N) is 1. The lowest BCUT2D eigenvalue weighted by atomic mass is 10.0. The Labute approximate surface area is 111 Å². The number of hydrogen-bond acceptors (Lipinski definition) is 1. The van der Waals surface area contributed by atoms with Crippen LogP contribution in [0.5, 0.6) is 0 Å². The zero-order valence-electron chi connectivity index (χ0n) is 8.64. The van der Waals surface area contributed by atoms with Crippen LogP contribution < -0.4 is 0 Å². The standard InChI is InChI=1S/C11H12BrIN2/c1-6(2)3-8-9-4-7(12)5-14-11(9)15-10(8)13/h4-6H,3H2,1-2H3,(H,14,15). The molecule has 0 atom stereocenters. The van der Waals surface area contributed by atoms with E-state index in [1.165, 1.54) is 14.7 Å². The molecule has 2 nitrogen and oxygen atoms in total. The molecule has 0 fully saturated rings. The fourth-order valence-corrected chi connectivity index (χ4v) is 2.77. The van der Waals surface area contributed by atoms with E-state index in [-0.39, 0.29) is 0 Å². The van der Waals surface area contributed by atoms with Crippen molar-refractivity contribution in [3.8, 4) is 0 Å². The molecule has 1 N–H and O–H groups in total. The predicted molar refractivity (Wildman–Crippen MR) is 75.1 cm³/mol. The zero-order valence-corrected chi connectivity index (χ0v) is 12.4. The van der Waals surface area contributed by atoms with Crippen LogP contribution in [-0.2, 0) is 6.42 Å². The molecule has 0 radical (unpaired) electrons. The van der Waals surface area contributed by atoms with E-state index in [9.17, 15) is 0 Å². The van der Waals surface area contributed by atoms with Gasteiger partial charge in [-0.1, -0.05) is 13.8 Å². The minimum atomic E-state index is 0.663. The molecule has 0 bridgehead atoms.